The van der Waals surface area contributed by atoms with Crippen LogP contribution in [-0.2, 0) is 12.8 Å². The fraction of sp³-hybridized carbons (Fsp3) is 0.583. The number of aromatic amines is 2. The molecule has 0 amide bonds. The smallest absolute Gasteiger partial charge is 0.248 e. The number of H-pyrrole nitrogens is 2. The van der Waals surface area contributed by atoms with E-state index in [1.807, 2.05) is 12.1 Å². The molecule has 0 spiro atoms. The molecule has 4 rings (SSSR count). The van der Waals surface area contributed by atoms with E-state index in [0.29, 0.717) is 12.1 Å². The zero-order valence-electron chi connectivity index (χ0n) is 17.8. The van der Waals surface area contributed by atoms with Gasteiger partial charge in [-0.05, 0) is 75.6 Å². The zero-order valence-corrected chi connectivity index (χ0v) is 17.8. The van der Waals surface area contributed by atoms with Gasteiger partial charge in [-0.2, -0.15) is 0 Å². The monoisotopic (exact) mass is 410 g/mol. The first-order valence-electron chi connectivity index (χ1n) is 11.6. The van der Waals surface area contributed by atoms with Crippen molar-refractivity contribution in [1.82, 2.24) is 20.6 Å². The number of pyridine rings is 2. The van der Waals surface area contributed by atoms with Crippen LogP contribution in [0.5, 0.6) is 0 Å². The highest BCUT2D eigenvalue weighted by atomic mass is 16.1. The fourth-order valence-corrected chi connectivity index (χ4v) is 4.98. The lowest BCUT2D eigenvalue weighted by Crippen LogP contribution is -2.28. The van der Waals surface area contributed by atoms with Crippen molar-refractivity contribution in [2.24, 2.45) is 0 Å². The lowest BCUT2D eigenvalue weighted by atomic mass is 9.91. The number of hydrogen-bond donors (Lipinski definition) is 4. The molecule has 0 saturated carbocycles. The van der Waals surface area contributed by atoms with Gasteiger partial charge in [0.25, 0.3) is 0 Å². The van der Waals surface area contributed by atoms with Crippen LogP contribution in [0, 0.1) is 0 Å². The number of nitrogens with one attached hydrogen (secondary N) is 4. The van der Waals surface area contributed by atoms with Gasteiger partial charge in [-0.1, -0.05) is 25.0 Å². The van der Waals surface area contributed by atoms with Crippen LogP contribution in [0.1, 0.15) is 86.0 Å². The van der Waals surface area contributed by atoms with E-state index in [2.05, 4.69) is 20.6 Å². The molecule has 162 valence electrons. The maximum atomic E-state index is 11.5. The SMILES string of the molecule is O=c1ccc2c([nH]1)CCCC2NCCCCCCNC1CCCc2[nH]c(=O)ccc21. The van der Waals surface area contributed by atoms with Crippen molar-refractivity contribution in [2.45, 2.75) is 76.3 Å². The molecular formula is C24H34N4O2. The molecule has 0 bridgehead atoms. The molecule has 2 unspecified atom stereocenters. The molecule has 2 aliphatic carbocycles. The third-order valence-corrected chi connectivity index (χ3v) is 6.55. The molecule has 0 radical (unpaired) electrons. The summed E-state index contributed by atoms with van der Waals surface area (Å²) in [5, 5.41) is 7.38. The fourth-order valence-electron chi connectivity index (χ4n) is 4.98. The average molecular weight is 411 g/mol. The summed E-state index contributed by atoms with van der Waals surface area (Å²) in [5.41, 5.74) is 4.80. The van der Waals surface area contributed by atoms with E-state index in [1.165, 1.54) is 36.8 Å². The van der Waals surface area contributed by atoms with Crippen molar-refractivity contribution in [3.05, 3.63) is 67.5 Å². The Kier molecular flexibility index (Phi) is 7.18. The van der Waals surface area contributed by atoms with Crippen molar-refractivity contribution in [1.29, 1.82) is 0 Å². The Bertz CT molecular complexity index is 871. The summed E-state index contributed by atoms with van der Waals surface area (Å²) in [7, 11) is 0. The molecule has 2 atom stereocenters. The normalized spacial score (nSPS) is 20.5. The second-order valence-corrected chi connectivity index (χ2v) is 8.73. The van der Waals surface area contributed by atoms with Crippen LogP contribution in [0.4, 0.5) is 0 Å². The van der Waals surface area contributed by atoms with Gasteiger partial charge in [0, 0.05) is 35.6 Å². The lowest BCUT2D eigenvalue weighted by molar-refractivity contribution is 0.432. The summed E-state index contributed by atoms with van der Waals surface area (Å²) in [5.74, 6) is 0. The van der Waals surface area contributed by atoms with Crippen LogP contribution in [0.25, 0.3) is 0 Å². The van der Waals surface area contributed by atoms with Gasteiger partial charge in [0.05, 0.1) is 0 Å². The minimum absolute atomic E-state index is 0.00742. The summed E-state index contributed by atoms with van der Waals surface area (Å²) >= 11 is 0. The van der Waals surface area contributed by atoms with Gasteiger partial charge in [0.1, 0.15) is 0 Å². The van der Waals surface area contributed by atoms with Gasteiger partial charge in [-0.25, -0.2) is 0 Å². The van der Waals surface area contributed by atoms with E-state index >= 15 is 0 Å². The van der Waals surface area contributed by atoms with Crippen molar-refractivity contribution in [2.75, 3.05) is 13.1 Å². The number of aromatic nitrogens is 2. The van der Waals surface area contributed by atoms with Crippen molar-refractivity contribution >= 4 is 0 Å². The van der Waals surface area contributed by atoms with Gasteiger partial charge >= 0.3 is 0 Å². The Balaban J connectivity index is 1.12. The van der Waals surface area contributed by atoms with E-state index < -0.39 is 0 Å². The van der Waals surface area contributed by atoms with E-state index in [-0.39, 0.29) is 11.1 Å². The van der Waals surface area contributed by atoms with Gasteiger partial charge < -0.3 is 20.6 Å². The largest absolute Gasteiger partial charge is 0.326 e. The van der Waals surface area contributed by atoms with Crippen molar-refractivity contribution < 1.29 is 0 Å². The van der Waals surface area contributed by atoms with Crippen LogP contribution in [0.3, 0.4) is 0 Å². The predicted octanol–water partition coefficient (Wildman–Crippen LogP) is 3.26. The van der Waals surface area contributed by atoms with Crippen LogP contribution in [0.15, 0.2) is 33.9 Å². The highest BCUT2D eigenvalue weighted by molar-refractivity contribution is 5.27. The second-order valence-electron chi connectivity index (χ2n) is 8.73. The lowest BCUT2D eigenvalue weighted by Gasteiger charge is -2.26. The predicted molar refractivity (Wildman–Crippen MR) is 120 cm³/mol. The summed E-state index contributed by atoms with van der Waals surface area (Å²) in [6.45, 7) is 2.06. The van der Waals surface area contributed by atoms with Crippen molar-refractivity contribution in [3.63, 3.8) is 0 Å². The number of hydrogen-bond acceptors (Lipinski definition) is 4. The maximum absolute atomic E-state index is 11.5. The molecule has 4 N–H and O–H groups in total. The Morgan fingerprint density at radius 2 is 1.17 bits per heavy atom. The third-order valence-electron chi connectivity index (χ3n) is 6.55. The first-order valence-corrected chi connectivity index (χ1v) is 11.6. The maximum Gasteiger partial charge on any atom is 0.248 e. The summed E-state index contributed by atoms with van der Waals surface area (Å²) in [4.78, 5) is 29.0. The Labute approximate surface area is 177 Å². The molecule has 0 aromatic carbocycles. The highest BCUT2D eigenvalue weighted by Crippen LogP contribution is 2.28. The minimum Gasteiger partial charge on any atom is -0.326 e. The molecule has 0 saturated heterocycles. The Morgan fingerprint density at radius 1 is 0.700 bits per heavy atom. The third kappa shape index (κ3) is 5.29. The van der Waals surface area contributed by atoms with Crippen LogP contribution < -0.4 is 21.8 Å². The van der Waals surface area contributed by atoms with E-state index in [9.17, 15) is 9.59 Å². The highest BCUT2D eigenvalue weighted by Gasteiger charge is 2.21. The number of aryl methyl sites for hydroxylation is 2. The number of rotatable bonds is 9. The van der Waals surface area contributed by atoms with E-state index in [1.54, 1.807) is 12.1 Å². The Hall–Kier alpha value is -2.18. The first-order chi connectivity index (χ1) is 14.7. The van der Waals surface area contributed by atoms with Crippen LogP contribution >= 0.6 is 0 Å². The molecule has 6 nitrogen and oxygen atoms in total. The quantitative estimate of drug-likeness (QED) is 0.478. The zero-order chi connectivity index (χ0) is 20.8. The van der Waals surface area contributed by atoms with Crippen LogP contribution in [-0.4, -0.2) is 23.1 Å². The van der Waals surface area contributed by atoms with Gasteiger partial charge in [-0.15, -0.1) is 0 Å². The molecule has 2 aromatic rings. The standard InChI is InChI=1S/C24H34N4O2/c29-23-13-11-17-19(7-5-9-21(17)27-23)25-15-3-1-2-4-16-26-20-8-6-10-22-18(20)12-14-24(30)28-22/h11-14,19-20,25-26H,1-10,15-16H2,(H,27,29)(H,28,30). The summed E-state index contributed by atoms with van der Waals surface area (Å²) < 4.78 is 0. The van der Waals surface area contributed by atoms with Gasteiger partial charge in [0.2, 0.25) is 11.1 Å². The topological polar surface area (TPSA) is 89.8 Å². The first kappa shape index (κ1) is 21.1. The van der Waals surface area contributed by atoms with Gasteiger partial charge in [-0.3, -0.25) is 9.59 Å². The molecule has 6 heteroatoms. The average Bonchev–Trinajstić information content (AvgIpc) is 2.75. The molecule has 0 aliphatic heterocycles. The molecule has 2 aliphatic rings. The summed E-state index contributed by atoms with van der Waals surface area (Å²) in [6, 6.07) is 8.04. The molecule has 30 heavy (non-hydrogen) atoms. The number of fused-ring (bicyclic) bond motifs is 2. The molecule has 2 heterocycles. The van der Waals surface area contributed by atoms with E-state index in [0.717, 1.165) is 63.0 Å². The van der Waals surface area contributed by atoms with E-state index in [4.69, 9.17) is 0 Å². The Morgan fingerprint density at radius 3 is 1.63 bits per heavy atom. The molecular weight excluding hydrogens is 376 g/mol. The summed E-state index contributed by atoms with van der Waals surface area (Å²) in [6.07, 6.45) is 11.4. The van der Waals surface area contributed by atoms with Crippen molar-refractivity contribution in [3.8, 4) is 0 Å². The number of unbranched alkanes of at least 4 members (excludes halogenated alkanes) is 3. The molecule has 0 fully saturated rings. The second kappa shape index (κ2) is 10.2. The molecule has 2 aromatic heterocycles. The van der Waals surface area contributed by atoms with Gasteiger partial charge in [0.15, 0.2) is 0 Å². The minimum atomic E-state index is 0.00742. The van der Waals surface area contributed by atoms with Crippen LogP contribution in [0.2, 0.25) is 0 Å².